The summed E-state index contributed by atoms with van der Waals surface area (Å²) in [6, 6.07) is 13.6. The molecule has 0 heterocycles. The second-order valence-electron chi connectivity index (χ2n) is 6.76. The Kier molecular flexibility index (Phi) is 9.09. The molecule has 0 unspecified atom stereocenters. The van der Waals surface area contributed by atoms with E-state index >= 15 is 0 Å². The number of primary sulfonamides is 1. The van der Waals surface area contributed by atoms with Crippen molar-refractivity contribution < 1.29 is 13.3 Å². The van der Waals surface area contributed by atoms with Crippen LogP contribution in [0.1, 0.15) is 20.3 Å². The van der Waals surface area contributed by atoms with Crippen LogP contribution in [0.3, 0.4) is 0 Å². The van der Waals surface area contributed by atoms with Gasteiger partial charge < -0.3 is 10.2 Å². The van der Waals surface area contributed by atoms with Gasteiger partial charge >= 0.3 is 0 Å². The number of nitro benzene ring substituents is 1. The molecular weight excluding hydrogens is 424 g/mol. The molecule has 0 fully saturated rings. The van der Waals surface area contributed by atoms with Crippen LogP contribution in [0, 0.1) is 10.1 Å². The molecule has 30 heavy (non-hydrogen) atoms. The summed E-state index contributed by atoms with van der Waals surface area (Å²) in [5.74, 6) is 0.708. The third kappa shape index (κ3) is 7.28. The van der Waals surface area contributed by atoms with E-state index in [9.17, 15) is 18.5 Å². The molecule has 1 atom stereocenters. The molecule has 0 radical (unpaired) electrons. The van der Waals surface area contributed by atoms with Gasteiger partial charge in [-0.1, -0.05) is 32.0 Å². The third-order valence-electron chi connectivity index (χ3n) is 4.74. The lowest BCUT2D eigenvalue weighted by molar-refractivity contribution is -0.384. The number of hydrogen-bond acceptors (Lipinski definition) is 7. The summed E-state index contributed by atoms with van der Waals surface area (Å²) in [7, 11) is -4.02. The van der Waals surface area contributed by atoms with Crippen LogP contribution in [0.5, 0.6) is 0 Å². The zero-order chi connectivity index (χ0) is 22.1. The maximum atomic E-state index is 11.6. The largest absolute Gasteiger partial charge is 0.376 e. The van der Waals surface area contributed by atoms with E-state index in [0.29, 0.717) is 5.75 Å². The minimum Gasteiger partial charge on any atom is -0.376 e. The Balaban J connectivity index is 2.23. The fraction of sp³-hybridized carbons (Fsp3) is 0.400. The number of nitrogens with one attached hydrogen (secondary N) is 1. The number of nitro groups is 1. The highest BCUT2D eigenvalue weighted by Gasteiger charge is 2.21. The molecule has 164 valence electrons. The topological polar surface area (TPSA) is 119 Å². The van der Waals surface area contributed by atoms with E-state index in [1.165, 1.54) is 12.1 Å². The third-order valence-corrected chi connectivity index (χ3v) is 6.82. The summed E-state index contributed by atoms with van der Waals surface area (Å²) in [6.45, 7) is 6.91. The second kappa shape index (κ2) is 11.3. The predicted octanol–water partition coefficient (Wildman–Crippen LogP) is 3.55. The Bertz CT molecular complexity index is 935. The van der Waals surface area contributed by atoms with Gasteiger partial charge in [-0.3, -0.25) is 10.1 Å². The van der Waals surface area contributed by atoms with E-state index in [2.05, 4.69) is 24.1 Å². The van der Waals surface area contributed by atoms with Gasteiger partial charge in [0, 0.05) is 29.3 Å². The zero-order valence-electron chi connectivity index (χ0n) is 17.2. The minimum atomic E-state index is -4.02. The predicted molar refractivity (Wildman–Crippen MR) is 121 cm³/mol. The molecular formula is C20H28N4O4S2. The van der Waals surface area contributed by atoms with Crippen LogP contribution >= 0.6 is 11.8 Å². The lowest BCUT2D eigenvalue weighted by Gasteiger charge is -2.24. The lowest BCUT2D eigenvalue weighted by Crippen LogP contribution is -2.31. The molecule has 8 nitrogen and oxygen atoms in total. The van der Waals surface area contributed by atoms with Crippen LogP contribution in [0.2, 0.25) is 0 Å². The average Bonchev–Trinajstić information content (AvgIpc) is 2.72. The Morgan fingerprint density at radius 2 is 1.83 bits per heavy atom. The maximum absolute atomic E-state index is 11.6. The lowest BCUT2D eigenvalue weighted by atomic mass is 10.2. The summed E-state index contributed by atoms with van der Waals surface area (Å²) in [6.07, 6.45) is 0.787. The van der Waals surface area contributed by atoms with Crippen molar-refractivity contribution in [3.05, 3.63) is 58.6 Å². The fourth-order valence-corrected chi connectivity index (χ4v) is 4.50. The second-order valence-corrected chi connectivity index (χ2v) is 9.42. The van der Waals surface area contributed by atoms with Gasteiger partial charge in [-0.05, 0) is 43.8 Å². The number of nitrogens with zero attached hydrogens (tertiary/aromatic N) is 2. The SMILES string of the molecule is CCN(CC)CC[C@H](CSc1ccccc1)Nc1ccc(S(N)(=O)=O)cc1[N+](=O)[O-]. The van der Waals surface area contributed by atoms with Gasteiger partial charge in [0.15, 0.2) is 0 Å². The number of nitrogens with two attached hydrogens (primary N) is 1. The molecule has 10 heteroatoms. The Labute approximate surface area is 182 Å². The van der Waals surface area contributed by atoms with E-state index in [1.54, 1.807) is 11.8 Å². The van der Waals surface area contributed by atoms with E-state index in [4.69, 9.17) is 5.14 Å². The van der Waals surface area contributed by atoms with E-state index in [1.807, 2.05) is 30.3 Å². The first-order chi connectivity index (χ1) is 14.2. The van der Waals surface area contributed by atoms with Gasteiger partial charge in [0.25, 0.3) is 5.69 Å². The quantitative estimate of drug-likeness (QED) is 0.287. The molecule has 2 rings (SSSR count). The molecule has 0 saturated heterocycles. The minimum absolute atomic E-state index is 0.0464. The molecule has 3 N–H and O–H groups in total. The Morgan fingerprint density at radius 1 is 1.17 bits per heavy atom. The van der Waals surface area contributed by atoms with Crippen LogP contribution in [-0.4, -0.2) is 49.7 Å². The van der Waals surface area contributed by atoms with Gasteiger partial charge in [-0.2, -0.15) is 0 Å². The highest BCUT2D eigenvalue weighted by Crippen LogP contribution is 2.29. The smallest absolute Gasteiger partial charge is 0.293 e. The number of thioether (sulfide) groups is 1. The number of sulfonamides is 1. The molecule has 0 amide bonds. The van der Waals surface area contributed by atoms with Gasteiger partial charge in [-0.15, -0.1) is 11.8 Å². The van der Waals surface area contributed by atoms with E-state index in [0.717, 1.165) is 37.0 Å². The van der Waals surface area contributed by atoms with Crippen molar-refractivity contribution in [3.63, 3.8) is 0 Å². The fourth-order valence-electron chi connectivity index (χ4n) is 2.97. The molecule has 0 bridgehead atoms. The van der Waals surface area contributed by atoms with Crippen molar-refractivity contribution in [2.45, 2.75) is 36.1 Å². The molecule has 0 aliphatic carbocycles. The molecule has 0 aliphatic rings. The maximum Gasteiger partial charge on any atom is 0.293 e. The van der Waals surface area contributed by atoms with Gasteiger partial charge in [-0.25, -0.2) is 13.6 Å². The summed E-state index contributed by atoms with van der Waals surface area (Å²) >= 11 is 1.67. The van der Waals surface area contributed by atoms with Crippen LogP contribution in [0.4, 0.5) is 11.4 Å². The van der Waals surface area contributed by atoms with Crippen LogP contribution < -0.4 is 10.5 Å². The van der Waals surface area contributed by atoms with Crippen LogP contribution in [0.15, 0.2) is 58.3 Å². The number of hydrogen-bond donors (Lipinski definition) is 2. The first-order valence-corrected chi connectivity index (χ1v) is 12.3. The molecule has 2 aromatic rings. The zero-order valence-corrected chi connectivity index (χ0v) is 18.8. The van der Waals surface area contributed by atoms with E-state index in [-0.39, 0.29) is 22.3 Å². The molecule has 0 aliphatic heterocycles. The van der Waals surface area contributed by atoms with Gasteiger partial charge in [0.05, 0.1) is 9.82 Å². The van der Waals surface area contributed by atoms with Crippen molar-refractivity contribution in [2.75, 3.05) is 30.7 Å². The normalized spacial score (nSPS) is 12.7. The molecule has 0 saturated carbocycles. The van der Waals surface area contributed by atoms with Crippen LogP contribution in [0.25, 0.3) is 0 Å². The van der Waals surface area contributed by atoms with Crippen molar-refractivity contribution >= 4 is 33.2 Å². The highest BCUT2D eigenvalue weighted by atomic mass is 32.2. The summed E-state index contributed by atoms with van der Waals surface area (Å²) < 4.78 is 23.1. The van der Waals surface area contributed by atoms with Crippen molar-refractivity contribution in [3.8, 4) is 0 Å². The first kappa shape index (κ1) is 24.1. The van der Waals surface area contributed by atoms with Gasteiger partial charge in [0.1, 0.15) is 5.69 Å². The summed E-state index contributed by atoms with van der Waals surface area (Å²) in [5.41, 5.74) is -0.0234. The van der Waals surface area contributed by atoms with Crippen molar-refractivity contribution in [1.82, 2.24) is 4.90 Å². The van der Waals surface area contributed by atoms with Crippen molar-refractivity contribution in [1.29, 1.82) is 0 Å². The van der Waals surface area contributed by atoms with Gasteiger partial charge in [0.2, 0.25) is 10.0 Å². The standard InChI is InChI=1S/C20H28N4O4S2/c1-3-23(4-2)13-12-16(15-29-17-8-6-5-7-9-17)22-19-11-10-18(30(21,27)28)14-20(19)24(25)26/h5-11,14,16,22H,3-4,12-13,15H2,1-2H3,(H2,21,27,28)/t16-/m1/s1. The number of rotatable bonds is 12. The first-order valence-electron chi connectivity index (χ1n) is 9.72. The Hall–Kier alpha value is -2.14. The summed E-state index contributed by atoms with van der Waals surface area (Å²) in [5, 5.41) is 19.9. The van der Waals surface area contributed by atoms with E-state index < -0.39 is 14.9 Å². The van der Waals surface area contributed by atoms with Crippen molar-refractivity contribution in [2.24, 2.45) is 5.14 Å². The van der Waals surface area contributed by atoms with Crippen LogP contribution in [-0.2, 0) is 10.0 Å². The number of anilines is 1. The molecule has 0 aromatic heterocycles. The Morgan fingerprint density at radius 3 is 2.40 bits per heavy atom. The monoisotopic (exact) mass is 452 g/mol. The number of benzene rings is 2. The molecule has 2 aromatic carbocycles. The molecule has 0 spiro atoms. The summed E-state index contributed by atoms with van der Waals surface area (Å²) in [4.78, 5) is 14.1. The highest BCUT2D eigenvalue weighted by molar-refractivity contribution is 7.99. The average molecular weight is 453 g/mol.